The van der Waals surface area contributed by atoms with Crippen LogP contribution in [0.25, 0.3) is 11.1 Å². The average Bonchev–Trinajstić information content (AvgIpc) is 3.09. The molecule has 11 heteroatoms. The molecule has 182 valence electrons. The maximum absolute atomic E-state index is 12.6. The number of carbonyl (C=O) groups is 3. The largest absolute Gasteiger partial charge is 0.480 e. The van der Waals surface area contributed by atoms with Gasteiger partial charge < -0.3 is 25.2 Å². The average molecular weight is 480 g/mol. The van der Waals surface area contributed by atoms with Crippen LogP contribution >= 0.6 is 0 Å². The number of rotatable bonds is 9. The number of hydrogen-bond donors (Lipinski definition) is 3. The van der Waals surface area contributed by atoms with E-state index in [0.29, 0.717) is 0 Å². The molecule has 0 saturated heterocycles. The SMILES string of the molecule is COC[C@H](NC(=O)OCC1c2ccccc2-c2ccccc21)C(=O)NC(CC(F)(F)F)C(=O)O. The number of nitrogens with one attached hydrogen (secondary N) is 2. The Balaban J connectivity index is 1.64. The molecule has 1 aliphatic carbocycles. The molecule has 34 heavy (non-hydrogen) atoms. The van der Waals surface area contributed by atoms with Crippen LogP contribution in [-0.2, 0) is 19.1 Å². The highest BCUT2D eigenvalue weighted by atomic mass is 19.4. The number of amides is 2. The van der Waals surface area contributed by atoms with Gasteiger partial charge in [-0.3, -0.25) is 4.79 Å². The molecule has 0 radical (unpaired) electrons. The summed E-state index contributed by atoms with van der Waals surface area (Å²) in [5, 5.41) is 13.0. The molecule has 3 N–H and O–H groups in total. The summed E-state index contributed by atoms with van der Waals surface area (Å²) in [7, 11) is 1.21. The zero-order chi connectivity index (χ0) is 24.9. The number of methoxy groups -OCH3 is 1. The van der Waals surface area contributed by atoms with Crippen molar-refractivity contribution in [1.29, 1.82) is 0 Å². The molecule has 3 rings (SSSR count). The molecule has 2 aromatic carbocycles. The predicted octanol–water partition coefficient (Wildman–Crippen LogP) is 3.06. The molecule has 2 atom stereocenters. The lowest BCUT2D eigenvalue weighted by Crippen LogP contribution is -2.54. The first-order valence-corrected chi connectivity index (χ1v) is 10.3. The van der Waals surface area contributed by atoms with E-state index in [0.717, 1.165) is 22.3 Å². The van der Waals surface area contributed by atoms with Crippen LogP contribution in [0.2, 0.25) is 0 Å². The van der Waals surface area contributed by atoms with Gasteiger partial charge in [-0.1, -0.05) is 48.5 Å². The van der Waals surface area contributed by atoms with Gasteiger partial charge in [0.15, 0.2) is 0 Å². The normalized spacial score (nSPS) is 14.5. The van der Waals surface area contributed by atoms with Crippen LogP contribution in [0.15, 0.2) is 48.5 Å². The van der Waals surface area contributed by atoms with E-state index >= 15 is 0 Å². The minimum Gasteiger partial charge on any atom is -0.480 e. The molecule has 0 aromatic heterocycles. The quantitative estimate of drug-likeness (QED) is 0.509. The molecule has 0 spiro atoms. The second kappa shape index (κ2) is 10.6. The summed E-state index contributed by atoms with van der Waals surface area (Å²) in [5.74, 6) is -3.24. The molecule has 2 amide bonds. The standard InChI is InChI=1S/C23H23F3N2O6/c1-33-12-19(20(29)27-18(21(30)31)10-23(24,25)26)28-22(32)34-11-17-15-8-4-2-6-13(15)14-7-3-5-9-16(14)17/h2-9,17-19H,10-12H2,1H3,(H,27,29)(H,28,32)(H,30,31)/t18?,19-/m0/s1. The number of hydrogen-bond acceptors (Lipinski definition) is 5. The Bertz CT molecular complexity index is 1010. The number of halogens is 3. The van der Waals surface area contributed by atoms with E-state index in [9.17, 15) is 27.6 Å². The predicted molar refractivity (Wildman–Crippen MR) is 114 cm³/mol. The number of ether oxygens (including phenoxy) is 2. The minimum absolute atomic E-state index is 0.0486. The molecule has 0 fully saturated rings. The Hall–Kier alpha value is -3.60. The topological polar surface area (TPSA) is 114 Å². The first kappa shape index (κ1) is 25.0. The Morgan fingerprint density at radius 3 is 2.03 bits per heavy atom. The van der Waals surface area contributed by atoms with Gasteiger partial charge in [-0.25, -0.2) is 9.59 Å². The molecular weight excluding hydrogens is 457 g/mol. The van der Waals surface area contributed by atoms with Crippen molar-refractivity contribution in [2.75, 3.05) is 20.3 Å². The molecule has 0 bridgehead atoms. The van der Waals surface area contributed by atoms with Crippen LogP contribution in [0.3, 0.4) is 0 Å². The van der Waals surface area contributed by atoms with Crippen LogP contribution < -0.4 is 10.6 Å². The Morgan fingerprint density at radius 1 is 0.971 bits per heavy atom. The van der Waals surface area contributed by atoms with E-state index in [4.69, 9.17) is 14.6 Å². The first-order valence-electron chi connectivity index (χ1n) is 10.3. The molecule has 1 aliphatic rings. The molecular formula is C23H23F3N2O6. The van der Waals surface area contributed by atoms with Crippen LogP contribution in [-0.4, -0.2) is 61.7 Å². The molecule has 1 unspecified atom stereocenters. The lowest BCUT2D eigenvalue weighted by Gasteiger charge is -2.22. The van der Waals surface area contributed by atoms with Crippen molar-refractivity contribution in [3.63, 3.8) is 0 Å². The van der Waals surface area contributed by atoms with Crippen molar-refractivity contribution in [3.05, 3.63) is 59.7 Å². The second-order valence-corrected chi connectivity index (χ2v) is 7.70. The summed E-state index contributed by atoms with van der Waals surface area (Å²) in [4.78, 5) is 35.9. The first-order chi connectivity index (χ1) is 16.1. The van der Waals surface area contributed by atoms with Crippen molar-refractivity contribution >= 4 is 18.0 Å². The fourth-order valence-corrected chi connectivity index (χ4v) is 3.84. The molecule has 0 heterocycles. The van der Waals surface area contributed by atoms with Crippen molar-refractivity contribution < 1.29 is 42.1 Å². The van der Waals surface area contributed by atoms with Gasteiger partial charge in [-0.2, -0.15) is 13.2 Å². The molecule has 0 aliphatic heterocycles. The van der Waals surface area contributed by atoms with Gasteiger partial charge in [0.1, 0.15) is 18.7 Å². The number of carboxylic acids is 1. The molecule has 2 aromatic rings. The summed E-state index contributed by atoms with van der Waals surface area (Å²) in [6.45, 7) is -0.457. The maximum Gasteiger partial charge on any atom is 0.407 e. The molecule has 0 saturated carbocycles. The van der Waals surface area contributed by atoms with Crippen LogP contribution in [0.4, 0.5) is 18.0 Å². The van der Waals surface area contributed by atoms with Crippen LogP contribution in [0.1, 0.15) is 23.5 Å². The van der Waals surface area contributed by atoms with Gasteiger partial charge in [-0.05, 0) is 22.3 Å². The maximum atomic E-state index is 12.6. The highest BCUT2D eigenvalue weighted by Crippen LogP contribution is 2.44. The summed E-state index contributed by atoms with van der Waals surface area (Å²) in [6, 6.07) is 11.7. The van der Waals surface area contributed by atoms with Gasteiger partial charge in [0.25, 0.3) is 0 Å². The van der Waals surface area contributed by atoms with E-state index in [1.54, 1.807) is 5.32 Å². The lowest BCUT2D eigenvalue weighted by molar-refractivity contribution is -0.160. The zero-order valence-electron chi connectivity index (χ0n) is 18.1. The highest BCUT2D eigenvalue weighted by Gasteiger charge is 2.37. The third-order valence-electron chi connectivity index (χ3n) is 5.34. The number of alkyl halides is 3. The monoisotopic (exact) mass is 480 g/mol. The summed E-state index contributed by atoms with van der Waals surface area (Å²) >= 11 is 0. The van der Waals surface area contributed by atoms with Crippen LogP contribution in [0, 0.1) is 0 Å². The summed E-state index contributed by atoms with van der Waals surface area (Å²) in [5.41, 5.74) is 3.99. The smallest absolute Gasteiger partial charge is 0.407 e. The highest BCUT2D eigenvalue weighted by molar-refractivity contribution is 5.89. The zero-order valence-corrected chi connectivity index (χ0v) is 18.1. The number of alkyl carbamates (subject to hydrolysis) is 1. The fourth-order valence-electron chi connectivity index (χ4n) is 3.84. The van der Waals surface area contributed by atoms with Gasteiger partial charge in [-0.15, -0.1) is 0 Å². The number of carboxylic acid groups (broad SMARTS) is 1. The van der Waals surface area contributed by atoms with Crippen molar-refractivity contribution in [2.24, 2.45) is 0 Å². The van der Waals surface area contributed by atoms with E-state index in [1.165, 1.54) is 7.11 Å². The van der Waals surface area contributed by atoms with E-state index in [2.05, 4.69) is 5.32 Å². The van der Waals surface area contributed by atoms with Crippen molar-refractivity contribution in [1.82, 2.24) is 10.6 Å². The lowest BCUT2D eigenvalue weighted by atomic mass is 9.98. The number of fused-ring (bicyclic) bond motifs is 3. The third kappa shape index (κ3) is 6.04. The van der Waals surface area contributed by atoms with Crippen molar-refractivity contribution in [3.8, 4) is 11.1 Å². The number of benzene rings is 2. The van der Waals surface area contributed by atoms with Gasteiger partial charge >= 0.3 is 18.2 Å². The molecule has 8 nitrogen and oxygen atoms in total. The van der Waals surface area contributed by atoms with E-state index < -0.39 is 49.3 Å². The van der Waals surface area contributed by atoms with E-state index in [-0.39, 0.29) is 12.5 Å². The third-order valence-corrected chi connectivity index (χ3v) is 5.34. The van der Waals surface area contributed by atoms with Crippen molar-refractivity contribution in [2.45, 2.75) is 30.6 Å². The number of aliphatic carboxylic acids is 1. The fraction of sp³-hybridized carbons (Fsp3) is 0.348. The second-order valence-electron chi connectivity index (χ2n) is 7.70. The number of carbonyl (C=O) groups excluding carboxylic acids is 2. The van der Waals surface area contributed by atoms with Gasteiger partial charge in [0, 0.05) is 13.0 Å². The Labute approximate surface area is 193 Å². The summed E-state index contributed by atoms with van der Waals surface area (Å²) in [6.07, 6.45) is -7.58. The van der Waals surface area contributed by atoms with Gasteiger partial charge in [0.05, 0.1) is 13.0 Å². The Morgan fingerprint density at radius 2 is 1.53 bits per heavy atom. The van der Waals surface area contributed by atoms with Gasteiger partial charge in [0.2, 0.25) is 5.91 Å². The Kier molecular flexibility index (Phi) is 7.77. The summed E-state index contributed by atoms with van der Waals surface area (Å²) < 4.78 is 48.0. The van der Waals surface area contributed by atoms with Crippen LogP contribution in [0.5, 0.6) is 0 Å². The van der Waals surface area contributed by atoms with E-state index in [1.807, 2.05) is 48.5 Å². The minimum atomic E-state index is -4.81.